The van der Waals surface area contributed by atoms with Crippen molar-refractivity contribution in [3.8, 4) is 5.75 Å². The third-order valence-electron chi connectivity index (χ3n) is 10.2. The maximum atomic E-state index is 14.1. The smallest absolute Gasteiger partial charge is 0.326 e. The average molecular weight is 923 g/mol. The van der Waals surface area contributed by atoms with Gasteiger partial charge in [-0.2, -0.15) is 12.6 Å². The van der Waals surface area contributed by atoms with Gasteiger partial charge < -0.3 is 70.8 Å². The molecule has 0 aromatic heterocycles. The Morgan fingerprint density at radius 2 is 1.15 bits per heavy atom. The molecule has 0 fully saturated rings. The van der Waals surface area contributed by atoms with Gasteiger partial charge in [0.1, 0.15) is 36.0 Å². The first-order valence-electron chi connectivity index (χ1n) is 21.2. The number of hydrogen-bond acceptors (Lipinski definition) is 12. The number of thiol groups is 1. The fraction of sp³-hybridized carbons (Fsp3) is 0.442. The number of nitrogens with zero attached hydrogens (tertiary/aromatic N) is 1. The van der Waals surface area contributed by atoms with Crippen LogP contribution in [0.2, 0.25) is 0 Å². The molecular formula is C43H62N12O9S. The maximum Gasteiger partial charge on any atom is 0.326 e. The summed E-state index contributed by atoms with van der Waals surface area (Å²) < 4.78 is 0. The molecule has 3 aromatic carbocycles. The molecule has 0 bridgehead atoms. The van der Waals surface area contributed by atoms with Gasteiger partial charge in [-0.15, -0.1) is 0 Å². The van der Waals surface area contributed by atoms with Crippen LogP contribution in [0.5, 0.6) is 5.75 Å². The van der Waals surface area contributed by atoms with Crippen molar-refractivity contribution in [2.75, 3.05) is 25.4 Å². The van der Waals surface area contributed by atoms with Gasteiger partial charge in [0.25, 0.3) is 0 Å². The normalized spacial score (nSPS) is 13.7. The van der Waals surface area contributed by atoms with Gasteiger partial charge in [-0.25, -0.2) is 9.59 Å². The van der Waals surface area contributed by atoms with Crippen molar-refractivity contribution < 1.29 is 43.8 Å². The Balaban J connectivity index is 1.88. The first-order chi connectivity index (χ1) is 31.0. The summed E-state index contributed by atoms with van der Waals surface area (Å²) in [5.74, 6) is -5.66. The van der Waals surface area contributed by atoms with Gasteiger partial charge in [-0.3, -0.25) is 29.0 Å². The van der Waals surface area contributed by atoms with Crippen LogP contribution in [0.4, 0.5) is 4.79 Å². The highest BCUT2D eigenvalue weighted by Gasteiger charge is 2.33. The van der Waals surface area contributed by atoms with Crippen molar-refractivity contribution in [3.63, 3.8) is 0 Å². The van der Waals surface area contributed by atoms with E-state index >= 15 is 0 Å². The topological polar surface area (TPSA) is 375 Å². The molecule has 3 aromatic rings. The zero-order chi connectivity index (χ0) is 47.9. The molecule has 21 nitrogen and oxygen atoms in total. The number of benzene rings is 3. The second-order valence-electron chi connectivity index (χ2n) is 15.4. The van der Waals surface area contributed by atoms with Crippen LogP contribution in [0.15, 0.2) is 71.7 Å². The number of hydrogen-bond donors (Lipinski definition) is 14. The lowest BCUT2D eigenvalue weighted by atomic mass is 10.00. The summed E-state index contributed by atoms with van der Waals surface area (Å²) in [6.45, 7) is 0.578. The van der Waals surface area contributed by atoms with Gasteiger partial charge in [-0.1, -0.05) is 54.6 Å². The number of guanidine groups is 1. The number of carboxylic acids is 1. The van der Waals surface area contributed by atoms with Crippen molar-refractivity contribution in [1.29, 1.82) is 0 Å². The molecule has 22 heteroatoms. The number of carbonyl (C=O) groups excluding carboxylic acids is 6. The van der Waals surface area contributed by atoms with Crippen LogP contribution in [-0.2, 0) is 41.6 Å². The van der Waals surface area contributed by atoms with Crippen molar-refractivity contribution in [1.82, 2.24) is 31.9 Å². The zero-order valence-corrected chi connectivity index (χ0v) is 36.9. The second-order valence-corrected chi connectivity index (χ2v) is 15.7. The van der Waals surface area contributed by atoms with E-state index in [1.54, 1.807) is 0 Å². The van der Waals surface area contributed by atoms with E-state index in [1.807, 2.05) is 42.5 Å². The number of nitrogens with one attached hydrogen (secondary N) is 6. The van der Waals surface area contributed by atoms with E-state index in [-0.39, 0.29) is 69.1 Å². The quantitative estimate of drug-likeness (QED) is 0.0175. The molecule has 0 aliphatic heterocycles. The molecule has 6 atom stereocenters. The fourth-order valence-electron chi connectivity index (χ4n) is 6.64. The number of amides is 7. The number of phenols is 1. The minimum absolute atomic E-state index is 0.00406. The molecule has 0 spiro atoms. The number of carbonyl (C=O) groups is 7. The van der Waals surface area contributed by atoms with Gasteiger partial charge in [0.2, 0.25) is 29.5 Å². The van der Waals surface area contributed by atoms with E-state index in [0.717, 1.165) is 10.8 Å². The number of urea groups is 1. The summed E-state index contributed by atoms with van der Waals surface area (Å²) in [5, 5.41) is 37.0. The molecule has 7 amide bonds. The van der Waals surface area contributed by atoms with E-state index < -0.39 is 77.8 Å². The third-order valence-corrected chi connectivity index (χ3v) is 10.5. The van der Waals surface area contributed by atoms with Crippen LogP contribution in [0.3, 0.4) is 0 Å². The van der Waals surface area contributed by atoms with Crippen molar-refractivity contribution in [3.05, 3.63) is 77.9 Å². The molecule has 0 heterocycles. The minimum Gasteiger partial charge on any atom is -0.508 e. The number of primary amides is 1. The Labute approximate surface area is 382 Å². The van der Waals surface area contributed by atoms with E-state index in [1.165, 1.54) is 24.3 Å². The van der Waals surface area contributed by atoms with E-state index in [0.29, 0.717) is 36.9 Å². The predicted octanol–water partition coefficient (Wildman–Crippen LogP) is -1.27. The predicted molar refractivity (Wildman–Crippen MR) is 248 cm³/mol. The van der Waals surface area contributed by atoms with Crippen molar-refractivity contribution in [2.24, 2.45) is 33.7 Å². The first-order valence-corrected chi connectivity index (χ1v) is 21.8. The molecule has 65 heavy (non-hydrogen) atoms. The number of aromatic hydroxyl groups is 1. The lowest BCUT2D eigenvalue weighted by Crippen LogP contribution is -2.60. The summed E-state index contributed by atoms with van der Waals surface area (Å²) in [5.41, 5.74) is 28.9. The SMILES string of the molecule is NCCCC[C@H](NC(=O)[C@H](CCCNC(N)=O)NC(=O)[C@H](Cc1ccc(O)cc1)NC(=O)[C@H](CS)NC(=O)[C@H](Cc1ccc2ccccc2c1)NC(=O)[C@@H](N)CCCN=C(N)N)C(=O)O. The number of carboxylic acid groups (broad SMARTS) is 1. The molecule has 0 saturated carbocycles. The Morgan fingerprint density at radius 3 is 1.77 bits per heavy atom. The Morgan fingerprint density at radius 1 is 0.615 bits per heavy atom. The van der Waals surface area contributed by atoms with Crippen LogP contribution in [0, 0.1) is 0 Å². The monoisotopic (exact) mass is 922 g/mol. The van der Waals surface area contributed by atoms with Gasteiger partial charge in [0.05, 0.1) is 6.04 Å². The summed E-state index contributed by atoms with van der Waals surface area (Å²) in [7, 11) is 0. The highest BCUT2D eigenvalue weighted by molar-refractivity contribution is 7.80. The molecule has 18 N–H and O–H groups in total. The van der Waals surface area contributed by atoms with Crippen LogP contribution in [-0.4, -0.2) is 119 Å². The van der Waals surface area contributed by atoms with Crippen LogP contribution in [0.25, 0.3) is 10.8 Å². The number of nitrogens with two attached hydrogens (primary N) is 5. The van der Waals surface area contributed by atoms with Crippen LogP contribution < -0.4 is 60.6 Å². The molecule has 0 unspecified atom stereocenters. The first kappa shape index (κ1) is 52.7. The number of phenolic OH excluding ortho intramolecular Hbond substituents is 1. The Kier molecular flexibility index (Phi) is 22.3. The van der Waals surface area contributed by atoms with Gasteiger partial charge >= 0.3 is 12.0 Å². The molecule has 354 valence electrons. The van der Waals surface area contributed by atoms with Gasteiger partial charge in [0, 0.05) is 31.7 Å². The number of aliphatic carboxylic acids is 1. The van der Waals surface area contributed by atoms with E-state index in [4.69, 9.17) is 28.7 Å². The molecule has 0 aliphatic carbocycles. The minimum atomic E-state index is -1.41. The van der Waals surface area contributed by atoms with Crippen LogP contribution >= 0.6 is 12.6 Å². The summed E-state index contributed by atoms with van der Waals surface area (Å²) in [6.07, 6.45) is 1.46. The van der Waals surface area contributed by atoms with Gasteiger partial charge in [0.15, 0.2) is 5.96 Å². The molecule has 0 radical (unpaired) electrons. The third kappa shape index (κ3) is 18.9. The van der Waals surface area contributed by atoms with Crippen molar-refractivity contribution in [2.45, 2.75) is 94.0 Å². The van der Waals surface area contributed by atoms with Gasteiger partial charge in [-0.05, 0) is 85.5 Å². The maximum absolute atomic E-state index is 14.1. The molecule has 3 rings (SSSR count). The largest absolute Gasteiger partial charge is 0.508 e. The molecule has 0 saturated heterocycles. The highest BCUT2D eigenvalue weighted by Crippen LogP contribution is 2.18. The summed E-state index contributed by atoms with van der Waals surface area (Å²) in [4.78, 5) is 96.4. The second kappa shape index (κ2) is 27.5. The van der Waals surface area contributed by atoms with E-state index in [9.17, 15) is 43.8 Å². The Hall–Kier alpha value is -6.65. The number of fused-ring (bicyclic) bond motifs is 1. The van der Waals surface area contributed by atoms with Crippen LogP contribution in [0.1, 0.15) is 56.1 Å². The van der Waals surface area contributed by atoms with E-state index in [2.05, 4.69) is 49.5 Å². The lowest BCUT2D eigenvalue weighted by Gasteiger charge is -2.27. The summed E-state index contributed by atoms with van der Waals surface area (Å²) >= 11 is 4.32. The molecule has 0 aliphatic rings. The standard InChI is InChI=1S/C43H62N12O9S/c44-18-4-3-10-32(41(62)63)52-37(58)31(11-6-20-50-43(48)64)51-38(59)33(22-25-13-16-29(56)17-14-25)54-40(61)35(24-65)55-39(60)34(53-36(57)30(45)9-5-19-49-42(46)47)23-26-12-15-27-7-1-2-8-28(27)21-26/h1-2,7-8,12-17,21,30-35,56,65H,3-6,9-11,18-20,22-24,44-45H2,(H,51,59)(H,52,58)(H,53,57)(H,54,61)(H,55,60)(H,62,63)(H4,46,47,49)(H3,48,50,64)/t30-,31-,32-,33-,34-,35-/m0/s1. The lowest BCUT2D eigenvalue weighted by molar-refractivity contribution is -0.142. The Bertz CT molecular complexity index is 2110. The highest BCUT2D eigenvalue weighted by atomic mass is 32.1. The zero-order valence-electron chi connectivity index (χ0n) is 36.0. The number of unbranched alkanes of at least 4 members (excludes halogenated alkanes) is 1. The summed E-state index contributed by atoms with van der Waals surface area (Å²) in [6, 6.07) is 10.4. The average Bonchev–Trinajstić information content (AvgIpc) is 3.27. The van der Waals surface area contributed by atoms with Crippen molar-refractivity contribution >= 4 is 70.9 Å². The number of aliphatic imine (C=N–C) groups is 1. The number of rotatable bonds is 28. The fourth-order valence-corrected chi connectivity index (χ4v) is 6.89. The molecular weight excluding hydrogens is 861 g/mol.